The van der Waals surface area contributed by atoms with Crippen molar-refractivity contribution >= 4 is 13.4 Å². The second-order valence-corrected chi connectivity index (χ2v) is 7.51. The first-order valence-electron chi connectivity index (χ1n) is 7.69. The Balaban J connectivity index is 2.55. The number of nitrogen functional groups attached to an aromatic ring is 1. The number of anilines is 1. The van der Waals surface area contributed by atoms with Gasteiger partial charge in [0, 0.05) is 6.20 Å². The second kappa shape index (κ2) is 10.1. The van der Waals surface area contributed by atoms with Crippen molar-refractivity contribution in [2.75, 3.05) is 25.3 Å². The first kappa shape index (κ1) is 22.7. The van der Waals surface area contributed by atoms with Crippen LogP contribution in [0, 0.1) is 0 Å². The van der Waals surface area contributed by atoms with E-state index in [0.29, 0.717) is 0 Å². The van der Waals surface area contributed by atoms with Gasteiger partial charge in [-0.3, -0.25) is 9.13 Å². The quantitative estimate of drug-likeness (QED) is 0.214. The van der Waals surface area contributed by atoms with Crippen molar-refractivity contribution in [2.24, 2.45) is 5.73 Å². The fourth-order valence-corrected chi connectivity index (χ4v) is 2.74. The Bertz CT molecular complexity index is 670. The molecule has 1 aromatic rings. The van der Waals surface area contributed by atoms with Gasteiger partial charge in [-0.1, -0.05) is 0 Å². The Hall–Kier alpha value is -1.37. The number of hydrogen-bond donors (Lipinski definition) is 6. The summed E-state index contributed by atoms with van der Waals surface area (Å²) in [6, 6.07) is 0.300. The number of ether oxygens (including phenoxy) is 1. The second-order valence-electron chi connectivity index (χ2n) is 5.72. The van der Waals surface area contributed by atoms with Crippen molar-refractivity contribution < 1.29 is 34.0 Å². The third-order valence-electron chi connectivity index (χ3n) is 3.37. The molecule has 1 heterocycles. The van der Waals surface area contributed by atoms with Crippen LogP contribution < -0.4 is 17.2 Å². The molecule has 0 fully saturated rings. The van der Waals surface area contributed by atoms with Gasteiger partial charge in [-0.25, -0.2) is 4.79 Å². The van der Waals surface area contributed by atoms with E-state index in [1.54, 1.807) is 0 Å². The van der Waals surface area contributed by atoms with Crippen LogP contribution in [0.4, 0.5) is 5.82 Å². The molecule has 5 atom stereocenters. The number of rotatable bonds is 11. The summed E-state index contributed by atoms with van der Waals surface area (Å²) in [6.07, 6.45) is -2.85. The number of nitrogens with zero attached hydrogens (tertiary/aromatic N) is 2. The average molecular weight is 396 g/mol. The predicted molar refractivity (Wildman–Crippen MR) is 91.2 cm³/mol. The van der Waals surface area contributed by atoms with Crippen molar-refractivity contribution in [3.05, 3.63) is 22.7 Å². The first-order chi connectivity index (χ1) is 12.1. The maximum atomic E-state index is 11.9. The molecule has 0 spiro atoms. The summed E-state index contributed by atoms with van der Waals surface area (Å²) in [6.45, 7) is 0.167. The van der Waals surface area contributed by atoms with Gasteiger partial charge in [-0.15, -0.1) is 0 Å². The molecule has 0 saturated carbocycles. The van der Waals surface area contributed by atoms with Crippen molar-refractivity contribution in [1.82, 2.24) is 9.55 Å². The highest BCUT2D eigenvalue weighted by molar-refractivity contribution is 7.52. The lowest BCUT2D eigenvalue weighted by atomic mass is 10.1. The number of aliphatic hydroxyl groups excluding tert-OH is 3. The predicted octanol–water partition coefficient (Wildman–Crippen LogP) is -2.57. The van der Waals surface area contributed by atoms with E-state index in [4.69, 9.17) is 20.7 Å². The van der Waals surface area contributed by atoms with Crippen LogP contribution in [0.2, 0.25) is 0 Å². The molecular weight excluding hydrogens is 371 g/mol. The Morgan fingerprint density at radius 2 is 2.08 bits per heavy atom. The highest BCUT2D eigenvalue weighted by Gasteiger charge is 2.27. The molecule has 0 saturated heterocycles. The van der Waals surface area contributed by atoms with Crippen LogP contribution in [0.1, 0.15) is 6.92 Å². The molecule has 0 aliphatic rings. The van der Waals surface area contributed by atoms with Crippen LogP contribution in [-0.2, 0) is 20.4 Å². The minimum atomic E-state index is -4.24. The van der Waals surface area contributed by atoms with Crippen LogP contribution >= 0.6 is 7.60 Å². The largest absolute Gasteiger partial charge is 0.394 e. The number of aliphatic hydroxyl groups is 3. The molecule has 0 amide bonds. The monoisotopic (exact) mass is 396 g/mol. The van der Waals surface area contributed by atoms with E-state index in [9.17, 15) is 29.6 Å². The SMILES string of the molecule is CC(O)C(O)C(N)COP(=O)(O)COC(CO)Cn1ccc(N)nc1=O. The van der Waals surface area contributed by atoms with E-state index in [1.807, 2.05) is 0 Å². The van der Waals surface area contributed by atoms with E-state index in [2.05, 4.69) is 4.98 Å². The molecule has 0 aliphatic carbocycles. The normalized spacial score (nSPS) is 18.7. The molecule has 0 aliphatic heterocycles. The summed E-state index contributed by atoms with van der Waals surface area (Å²) in [7, 11) is -4.24. The topological polar surface area (TPSA) is 203 Å². The Labute approximate surface area is 149 Å². The zero-order valence-electron chi connectivity index (χ0n) is 14.2. The van der Waals surface area contributed by atoms with Crippen LogP contribution in [0.25, 0.3) is 0 Å². The summed E-state index contributed by atoms with van der Waals surface area (Å²) >= 11 is 0. The lowest BCUT2D eigenvalue weighted by molar-refractivity contribution is -0.000535. The molecule has 5 unspecified atom stereocenters. The number of aromatic nitrogens is 2. The molecule has 0 radical (unpaired) electrons. The first-order valence-corrected chi connectivity index (χ1v) is 9.45. The zero-order valence-corrected chi connectivity index (χ0v) is 15.1. The summed E-state index contributed by atoms with van der Waals surface area (Å²) in [5.41, 5.74) is 10.2. The molecule has 26 heavy (non-hydrogen) atoms. The number of hydrogen-bond acceptors (Lipinski definition) is 10. The maximum Gasteiger partial charge on any atom is 0.353 e. The van der Waals surface area contributed by atoms with Gasteiger partial charge in [0.1, 0.15) is 12.2 Å². The van der Waals surface area contributed by atoms with Crippen LogP contribution in [0.15, 0.2) is 17.1 Å². The van der Waals surface area contributed by atoms with Gasteiger partial charge < -0.3 is 40.9 Å². The van der Waals surface area contributed by atoms with Gasteiger partial charge >= 0.3 is 13.3 Å². The van der Waals surface area contributed by atoms with Crippen molar-refractivity contribution in [3.63, 3.8) is 0 Å². The minimum Gasteiger partial charge on any atom is -0.394 e. The smallest absolute Gasteiger partial charge is 0.353 e. The lowest BCUT2D eigenvalue weighted by Crippen LogP contribution is -2.44. The highest BCUT2D eigenvalue weighted by atomic mass is 31.2. The zero-order chi connectivity index (χ0) is 19.9. The average Bonchev–Trinajstić information content (AvgIpc) is 2.57. The molecule has 12 nitrogen and oxygen atoms in total. The maximum absolute atomic E-state index is 11.9. The molecule has 0 bridgehead atoms. The van der Waals surface area contributed by atoms with E-state index >= 15 is 0 Å². The fraction of sp³-hybridized carbons (Fsp3) is 0.692. The van der Waals surface area contributed by atoms with Gasteiger partial charge in [0.2, 0.25) is 0 Å². The van der Waals surface area contributed by atoms with Crippen LogP contribution in [0.5, 0.6) is 0 Å². The summed E-state index contributed by atoms with van der Waals surface area (Å²) < 4.78 is 22.9. The molecule has 1 rings (SSSR count). The minimum absolute atomic E-state index is 0.0386. The Kier molecular flexibility index (Phi) is 8.80. The third-order valence-corrected chi connectivity index (χ3v) is 4.40. The standard InChI is InChI=1S/C13H25N4O8P/c1-8(19)12(20)10(14)6-25-26(22,23)7-24-9(5-18)4-17-3-2-11(15)16-13(17)21/h2-3,8-10,12,18-20H,4-7,14H2,1H3,(H,22,23)(H2,15,16,21). The molecule has 150 valence electrons. The van der Waals surface area contributed by atoms with Crippen LogP contribution in [-0.4, -0.2) is 73.7 Å². The van der Waals surface area contributed by atoms with E-state index in [1.165, 1.54) is 19.2 Å². The molecule has 1 aromatic heterocycles. The van der Waals surface area contributed by atoms with Crippen molar-refractivity contribution in [2.45, 2.75) is 37.8 Å². The van der Waals surface area contributed by atoms with Gasteiger partial charge in [-0.05, 0) is 13.0 Å². The lowest BCUT2D eigenvalue weighted by Gasteiger charge is -2.23. The van der Waals surface area contributed by atoms with Crippen LogP contribution in [0.3, 0.4) is 0 Å². The third kappa shape index (κ3) is 7.48. The molecule has 0 aromatic carbocycles. The van der Waals surface area contributed by atoms with Gasteiger partial charge in [-0.2, -0.15) is 4.98 Å². The van der Waals surface area contributed by atoms with E-state index < -0.39 is 57.2 Å². The van der Waals surface area contributed by atoms with Crippen molar-refractivity contribution in [3.8, 4) is 0 Å². The summed E-state index contributed by atoms with van der Waals surface area (Å²) in [5.74, 6) is 0.0386. The summed E-state index contributed by atoms with van der Waals surface area (Å²) in [5, 5.41) is 28.0. The Morgan fingerprint density at radius 3 is 2.62 bits per heavy atom. The Morgan fingerprint density at radius 1 is 1.42 bits per heavy atom. The van der Waals surface area contributed by atoms with Gasteiger partial charge in [0.05, 0.1) is 44.1 Å². The summed E-state index contributed by atoms with van der Waals surface area (Å²) in [4.78, 5) is 24.9. The number of nitrogens with two attached hydrogens (primary N) is 2. The molecular formula is C13H25N4O8P. The molecule has 13 heteroatoms. The van der Waals surface area contributed by atoms with Gasteiger partial charge in [0.25, 0.3) is 0 Å². The van der Waals surface area contributed by atoms with Crippen molar-refractivity contribution in [1.29, 1.82) is 0 Å². The van der Waals surface area contributed by atoms with Gasteiger partial charge in [0.15, 0.2) is 0 Å². The molecule has 8 N–H and O–H groups in total. The fourth-order valence-electron chi connectivity index (χ4n) is 1.86. The van der Waals surface area contributed by atoms with E-state index in [0.717, 1.165) is 4.57 Å². The highest BCUT2D eigenvalue weighted by Crippen LogP contribution is 2.42. The van der Waals surface area contributed by atoms with E-state index in [-0.39, 0.29) is 12.4 Å².